The molecule has 0 bridgehead atoms. The number of ether oxygens (including phenoxy) is 4. The molecule has 0 saturated heterocycles. The lowest BCUT2D eigenvalue weighted by atomic mass is 9.93. The van der Waals surface area contributed by atoms with Crippen LogP contribution in [0.3, 0.4) is 0 Å². The highest BCUT2D eigenvalue weighted by molar-refractivity contribution is 6.08. The van der Waals surface area contributed by atoms with E-state index in [1.165, 1.54) is 6.07 Å². The van der Waals surface area contributed by atoms with Crippen LogP contribution in [0.2, 0.25) is 0 Å². The molecule has 0 aromatic heterocycles. The Labute approximate surface area is 167 Å². The third kappa shape index (κ3) is 3.71. The molecular formula is C21H21NO7. The van der Waals surface area contributed by atoms with Crippen LogP contribution in [-0.2, 0) is 12.8 Å². The molecule has 0 radical (unpaired) electrons. The summed E-state index contributed by atoms with van der Waals surface area (Å²) in [6.07, 6.45) is 0.762. The number of carboxylic acid groups (broad SMARTS) is 1. The molecule has 8 nitrogen and oxygen atoms in total. The van der Waals surface area contributed by atoms with Crippen molar-refractivity contribution in [2.75, 3.05) is 34.2 Å². The SMILES string of the molecule is CN(C)CCc1cc2c(cc1CC(=O)c1ccc3c(c1C(=O)O)OCO3)OCO2. The predicted molar refractivity (Wildman–Crippen MR) is 102 cm³/mol. The Morgan fingerprint density at radius 2 is 1.62 bits per heavy atom. The van der Waals surface area contributed by atoms with E-state index in [4.69, 9.17) is 18.9 Å². The molecule has 0 spiro atoms. The number of ketones is 1. The second-order valence-electron chi connectivity index (χ2n) is 7.15. The summed E-state index contributed by atoms with van der Waals surface area (Å²) in [6, 6.07) is 6.74. The van der Waals surface area contributed by atoms with Gasteiger partial charge in [-0.25, -0.2) is 4.79 Å². The minimum Gasteiger partial charge on any atom is -0.478 e. The van der Waals surface area contributed by atoms with Crippen LogP contribution in [0.4, 0.5) is 0 Å². The number of hydrogen-bond donors (Lipinski definition) is 1. The standard InChI is InChI=1S/C21H21NO7/c1-22(2)6-5-12-8-17-18(28-10-27-17)9-13(12)7-15(23)14-3-4-16-20(29-11-26-16)19(14)21(24)25/h3-4,8-9H,5-7,10-11H2,1-2H3,(H,24,25). The summed E-state index contributed by atoms with van der Waals surface area (Å²) >= 11 is 0. The first kappa shape index (κ1) is 19.1. The summed E-state index contributed by atoms with van der Waals surface area (Å²) in [5.41, 5.74) is 1.68. The number of rotatable bonds is 7. The number of Topliss-reactive ketones (excluding diaryl/α,β-unsaturated/α-hetero) is 1. The first-order valence-corrected chi connectivity index (χ1v) is 9.19. The van der Waals surface area contributed by atoms with E-state index in [0.717, 1.165) is 24.1 Å². The van der Waals surface area contributed by atoms with Gasteiger partial charge in [0.1, 0.15) is 5.56 Å². The molecule has 8 heteroatoms. The predicted octanol–water partition coefficient (Wildman–Crippen LogP) is 2.37. The third-order valence-electron chi connectivity index (χ3n) is 4.93. The molecule has 2 aromatic rings. The van der Waals surface area contributed by atoms with Gasteiger partial charge in [0.15, 0.2) is 28.8 Å². The molecule has 0 fully saturated rings. The molecule has 0 aliphatic carbocycles. The third-order valence-corrected chi connectivity index (χ3v) is 4.93. The Kier molecular flexibility index (Phi) is 5.02. The maximum atomic E-state index is 13.1. The zero-order chi connectivity index (χ0) is 20.5. The monoisotopic (exact) mass is 399 g/mol. The van der Waals surface area contributed by atoms with E-state index < -0.39 is 5.97 Å². The maximum absolute atomic E-state index is 13.1. The van der Waals surface area contributed by atoms with Crippen molar-refractivity contribution in [3.8, 4) is 23.0 Å². The highest BCUT2D eigenvalue weighted by Crippen LogP contribution is 2.39. The van der Waals surface area contributed by atoms with Crippen molar-refractivity contribution < 1.29 is 33.6 Å². The largest absolute Gasteiger partial charge is 0.478 e. The molecule has 1 N–H and O–H groups in total. The average Bonchev–Trinajstić information content (AvgIpc) is 3.33. The molecule has 29 heavy (non-hydrogen) atoms. The second-order valence-corrected chi connectivity index (χ2v) is 7.15. The lowest BCUT2D eigenvalue weighted by Crippen LogP contribution is -2.17. The van der Waals surface area contributed by atoms with Crippen molar-refractivity contribution in [1.29, 1.82) is 0 Å². The van der Waals surface area contributed by atoms with Crippen molar-refractivity contribution in [2.24, 2.45) is 0 Å². The zero-order valence-electron chi connectivity index (χ0n) is 16.2. The molecule has 2 aliphatic rings. The lowest BCUT2D eigenvalue weighted by Gasteiger charge is -2.14. The Hall–Kier alpha value is -3.26. The Morgan fingerprint density at radius 1 is 0.966 bits per heavy atom. The number of hydrogen-bond acceptors (Lipinski definition) is 7. The van der Waals surface area contributed by atoms with Crippen LogP contribution in [-0.4, -0.2) is 56.0 Å². The summed E-state index contributed by atoms with van der Waals surface area (Å²) in [6.45, 7) is 0.876. The minimum absolute atomic E-state index is 0.0410. The fourth-order valence-electron chi connectivity index (χ4n) is 3.45. The summed E-state index contributed by atoms with van der Waals surface area (Å²) in [5.74, 6) is 0.130. The van der Waals surface area contributed by atoms with Gasteiger partial charge < -0.3 is 29.0 Å². The highest BCUT2D eigenvalue weighted by atomic mass is 16.7. The van der Waals surface area contributed by atoms with Crippen LogP contribution in [0.1, 0.15) is 31.8 Å². The molecule has 4 rings (SSSR count). The van der Waals surface area contributed by atoms with Crippen LogP contribution in [0.5, 0.6) is 23.0 Å². The topological polar surface area (TPSA) is 94.5 Å². The molecular weight excluding hydrogens is 378 g/mol. The van der Waals surface area contributed by atoms with Gasteiger partial charge in [0.25, 0.3) is 0 Å². The molecule has 0 unspecified atom stereocenters. The number of fused-ring (bicyclic) bond motifs is 2. The fraction of sp³-hybridized carbons (Fsp3) is 0.333. The van der Waals surface area contributed by atoms with Gasteiger partial charge in [0.2, 0.25) is 13.6 Å². The lowest BCUT2D eigenvalue weighted by molar-refractivity contribution is 0.0687. The molecule has 2 aliphatic heterocycles. The van der Waals surface area contributed by atoms with Crippen LogP contribution in [0.15, 0.2) is 24.3 Å². The summed E-state index contributed by atoms with van der Waals surface area (Å²) < 4.78 is 21.4. The Bertz CT molecular complexity index is 983. The van der Waals surface area contributed by atoms with Gasteiger partial charge in [-0.05, 0) is 55.9 Å². The van der Waals surface area contributed by atoms with Crippen molar-refractivity contribution in [3.05, 3.63) is 46.5 Å². The van der Waals surface area contributed by atoms with Gasteiger partial charge in [0.05, 0.1) is 0 Å². The average molecular weight is 399 g/mol. The number of nitrogens with zero attached hydrogens (tertiary/aromatic N) is 1. The van der Waals surface area contributed by atoms with Gasteiger partial charge in [-0.1, -0.05) is 0 Å². The first-order chi connectivity index (χ1) is 13.9. The van der Waals surface area contributed by atoms with E-state index in [1.54, 1.807) is 12.1 Å². The second kappa shape index (κ2) is 7.63. The van der Waals surface area contributed by atoms with Crippen LogP contribution in [0.25, 0.3) is 0 Å². The zero-order valence-corrected chi connectivity index (χ0v) is 16.2. The van der Waals surface area contributed by atoms with Crippen molar-refractivity contribution in [2.45, 2.75) is 12.8 Å². The number of benzene rings is 2. The first-order valence-electron chi connectivity index (χ1n) is 9.19. The molecule has 2 heterocycles. The maximum Gasteiger partial charge on any atom is 0.340 e. The quantitative estimate of drug-likeness (QED) is 0.709. The molecule has 0 atom stereocenters. The van der Waals surface area contributed by atoms with Gasteiger partial charge in [-0.15, -0.1) is 0 Å². The van der Waals surface area contributed by atoms with E-state index in [1.807, 2.05) is 20.2 Å². The number of likely N-dealkylation sites (N-methyl/N-ethyl adjacent to an activating group) is 1. The van der Waals surface area contributed by atoms with Crippen molar-refractivity contribution >= 4 is 11.8 Å². The normalized spacial score (nSPS) is 13.8. The number of carbonyl (C=O) groups excluding carboxylic acids is 1. The van der Waals surface area contributed by atoms with Gasteiger partial charge >= 0.3 is 5.97 Å². The molecule has 152 valence electrons. The minimum atomic E-state index is -1.23. The summed E-state index contributed by atoms with van der Waals surface area (Å²) in [7, 11) is 3.95. The van der Waals surface area contributed by atoms with Gasteiger partial charge in [-0.2, -0.15) is 0 Å². The Balaban J connectivity index is 1.68. The Morgan fingerprint density at radius 3 is 2.31 bits per heavy atom. The van der Waals surface area contributed by atoms with Crippen molar-refractivity contribution in [1.82, 2.24) is 4.90 Å². The number of carbonyl (C=O) groups is 2. The summed E-state index contributed by atoms with van der Waals surface area (Å²) in [5, 5.41) is 9.64. The van der Waals surface area contributed by atoms with Crippen molar-refractivity contribution in [3.63, 3.8) is 0 Å². The van der Waals surface area contributed by atoms with E-state index in [2.05, 4.69) is 4.90 Å². The molecule has 2 aromatic carbocycles. The van der Waals surface area contributed by atoms with E-state index in [9.17, 15) is 14.7 Å². The number of carboxylic acids is 1. The van der Waals surface area contributed by atoms with Crippen LogP contribution >= 0.6 is 0 Å². The van der Waals surface area contributed by atoms with E-state index in [0.29, 0.717) is 17.2 Å². The molecule has 0 saturated carbocycles. The fourth-order valence-corrected chi connectivity index (χ4v) is 3.45. The van der Waals surface area contributed by atoms with Gasteiger partial charge in [-0.3, -0.25) is 4.79 Å². The smallest absolute Gasteiger partial charge is 0.340 e. The van der Waals surface area contributed by atoms with Gasteiger partial charge in [0, 0.05) is 18.5 Å². The van der Waals surface area contributed by atoms with E-state index in [-0.39, 0.29) is 42.7 Å². The van der Waals surface area contributed by atoms with Crippen LogP contribution < -0.4 is 18.9 Å². The number of aromatic carboxylic acids is 1. The summed E-state index contributed by atoms with van der Waals surface area (Å²) in [4.78, 5) is 26.9. The highest BCUT2D eigenvalue weighted by Gasteiger charge is 2.29. The van der Waals surface area contributed by atoms with E-state index >= 15 is 0 Å². The molecule has 0 amide bonds. The van der Waals surface area contributed by atoms with Crippen LogP contribution in [0, 0.1) is 0 Å².